The van der Waals surface area contributed by atoms with Crippen molar-refractivity contribution in [1.29, 1.82) is 0 Å². The molecule has 11 heteroatoms. The average Bonchev–Trinajstić information content (AvgIpc) is 3.27. The predicted molar refractivity (Wildman–Crippen MR) is 87.3 cm³/mol. The zero-order valence-electron chi connectivity index (χ0n) is 12.9. The summed E-state index contributed by atoms with van der Waals surface area (Å²) in [6.45, 7) is 0.917. The Morgan fingerprint density at radius 3 is 2.60 bits per heavy atom. The van der Waals surface area contributed by atoms with E-state index in [4.69, 9.17) is 0 Å². The van der Waals surface area contributed by atoms with Crippen LogP contribution in [0, 0.1) is 0 Å². The van der Waals surface area contributed by atoms with Crippen LogP contribution in [0.4, 0.5) is 13.9 Å². The van der Waals surface area contributed by atoms with Crippen molar-refractivity contribution in [2.75, 3.05) is 18.4 Å². The molecule has 1 N–H and O–H groups in total. The number of carbonyl (C=O) groups excluding carboxylic acids is 1. The van der Waals surface area contributed by atoms with Gasteiger partial charge in [-0.15, -0.1) is 10.2 Å². The predicted octanol–water partition coefficient (Wildman–Crippen LogP) is 2.51. The second-order valence-electron chi connectivity index (χ2n) is 5.34. The summed E-state index contributed by atoms with van der Waals surface area (Å²) in [5.41, 5.74) is 0.0917. The maximum Gasteiger partial charge on any atom is 0.291 e. The van der Waals surface area contributed by atoms with Crippen LogP contribution in [0.1, 0.15) is 34.6 Å². The molecule has 0 atom stereocenters. The van der Waals surface area contributed by atoms with Crippen molar-refractivity contribution >= 4 is 32.4 Å². The van der Waals surface area contributed by atoms with Crippen molar-refractivity contribution < 1.29 is 22.0 Å². The van der Waals surface area contributed by atoms with Crippen molar-refractivity contribution in [1.82, 2.24) is 14.5 Å². The fourth-order valence-corrected chi connectivity index (χ4v) is 4.58. The first kappa shape index (κ1) is 17.8. The number of benzene rings is 1. The van der Waals surface area contributed by atoms with E-state index in [1.54, 1.807) is 0 Å². The quantitative estimate of drug-likeness (QED) is 0.850. The van der Waals surface area contributed by atoms with Gasteiger partial charge in [0, 0.05) is 18.7 Å². The molecule has 7 nitrogen and oxygen atoms in total. The fourth-order valence-electron chi connectivity index (χ4n) is 2.42. The van der Waals surface area contributed by atoms with Gasteiger partial charge in [0.1, 0.15) is 0 Å². The van der Waals surface area contributed by atoms with Crippen LogP contribution in [0.3, 0.4) is 0 Å². The molecule has 1 aromatic heterocycles. The molecule has 0 spiro atoms. The number of nitrogens with one attached hydrogen (secondary N) is 1. The van der Waals surface area contributed by atoms with Crippen molar-refractivity contribution in [2.45, 2.75) is 24.2 Å². The molecule has 3 rings (SSSR count). The molecule has 1 amide bonds. The van der Waals surface area contributed by atoms with Gasteiger partial charge in [0.2, 0.25) is 15.2 Å². The molecule has 0 bridgehead atoms. The molecule has 2 heterocycles. The molecule has 25 heavy (non-hydrogen) atoms. The van der Waals surface area contributed by atoms with E-state index in [9.17, 15) is 22.0 Å². The molecule has 0 radical (unpaired) electrons. The van der Waals surface area contributed by atoms with E-state index in [0.717, 1.165) is 12.8 Å². The maximum absolute atomic E-state index is 12.5. The summed E-state index contributed by atoms with van der Waals surface area (Å²) in [5, 5.41) is 8.51. The van der Waals surface area contributed by atoms with Gasteiger partial charge in [-0.05, 0) is 31.0 Å². The summed E-state index contributed by atoms with van der Waals surface area (Å²) >= 11 is 0.563. The lowest BCUT2D eigenvalue weighted by molar-refractivity contribution is 0.102. The number of alkyl halides is 2. The van der Waals surface area contributed by atoms with Crippen molar-refractivity contribution in [3.63, 3.8) is 0 Å². The third-order valence-corrected chi connectivity index (χ3v) is 6.39. The first-order chi connectivity index (χ1) is 11.9. The van der Waals surface area contributed by atoms with Gasteiger partial charge in [-0.25, -0.2) is 17.2 Å². The van der Waals surface area contributed by atoms with Crippen LogP contribution in [0.5, 0.6) is 0 Å². The summed E-state index contributed by atoms with van der Waals surface area (Å²) in [5.74, 6) is -0.643. The van der Waals surface area contributed by atoms with Crippen LogP contribution >= 0.6 is 11.3 Å². The molecule has 1 aliphatic rings. The molecule has 1 saturated heterocycles. The van der Waals surface area contributed by atoms with E-state index in [-0.39, 0.29) is 15.6 Å². The number of hydrogen-bond acceptors (Lipinski definition) is 6. The molecular formula is C14H14F2N4O3S2. The van der Waals surface area contributed by atoms with Crippen LogP contribution in [0.2, 0.25) is 0 Å². The Kier molecular flexibility index (Phi) is 5.06. The number of carbonyl (C=O) groups is 1. The average molecular weight is 388 g/mol. The Balaban J connectivity index is 1.79. The van der Waals surface area contributed by atoms with Gasteiger partial charge in [-0.1, -0.05) is 17.4 Å². The van der Waals surface area contributed by atoms with E-state index >= 15 is 0 Å². The lowest BCUT2D eigenvalue weighted by Gasteiger charge is -2.15. The Morgan fingerprint density at radius 1 is 1.24 bits per heavy atom. The number of halogens is 2. The third-order valence-electron chi connectivity index (χ3n) is 3.65. The Hall–Kier alpha value is -1.98. The van der Waals surface area contributed by atoms with Crippen LogP contribution in [-0.2, 0) is 10.0 Å². The van der Waals surface area contributed by atoms with Gasteiger partial charge in [-0.2, -0.15) is 4.31 Å². The molecule has 1 fully saturated rings. The summed E-state index contributed by atoms with van der Waals surface area (Å²) in [7, 11) is -3.65. The standard InChI is InChI=1S/C14H14F2N4O3S2/c15-11(16)13-18-19-14(24-13)17-12(21)9-4-3-5-10(8-9)25(22,23)20-6-1-2-7-20/h3-5,8,11H,1-2,6-7H2,(H,17,19,21). The van der Waals surface area contributed by atoms with E-state index in [0.29, 0.717) is 24.4 Å². The molecule has 1 aliphatic heterocycles. The van der Waals surface area contributed by atoms with Gasteiger partial charge in [-0.3, -0.25) is 10.1 Å². The molecular weight excluding hydrogens is 374 g/mol. The SMILES string of the molecule is O=C(Nc1nnc(C(F)F)s1)c1cccc(S(=O)(=O)N2CCCC2)c1. The maximum atomic E-state index is 12.5. The van der Waals surface area contributed by atoms with Gasteiger partial charge in [0.05, 0.1) is 4.90 Å². The van der Waals surface area contributed by atoms with Crippen molar-refractivity contribution in [3.05, 3.63) is 34.8 Å². The first-order valence-electron chi connectivity index (χ1n) is 7.41. The zero-order valence-corrected chi connectivity index (χ0v) is 14.5. The van der Waals surface area contributed by atoms with Gasteiger partial charge in [0.15, 0.2) is 5.01 Å². The minimum atomic E-state index is -3.65. The molecule has 0 saturated carbocycles. The highest BCUT2D eigenvalue weighted by Crippen LogP contribution is 2.26. The fraction of sp³-hybridized carbons (Fsp3) is 0.357. The Bertz CT molecular complexity index is 880. The number of aromatic nitrogens is 2. The third kappa shape index (κ3) is 3.83. The van der Waals surface area contributed by atoms with E-state index in [1.807, 2.05) is 0 Å². The van der Waals surface area contributed by atoms with Crippen LogP contribution in [-0.4, -0.2) is 41.9 Å². The summed E-state index contributed by atoms with van der Waals surface area (Å²) in [4.78, 5) is 12.2. The topological polar surface area (TPSA) is 92.3 Å². The van der Waals surface area contributed by atoms with E-state index in [1.165, 1.54) is 28.6 Å². The van der Waals surface area contributed by atoms with E-state index < -0.39 is 27.4 Å². The Labute approximate surface area is 146 Å². The molecule has 0 unspecified atom stereocenters. The highest BCUT2D eigenvalue weighted by atomic mass is 32.2. The second kappa shape index (κ2) is 7.10. The lowest BCUT2D eigenvalue weighted by atomic mass is 10.2. The molecule has 1 aromatic carbocycles. The second-order valence-corrected chi connectivity index (χ2v) is 8.29. The van der Waals surface area contributed by atoms with E-state index in [2.05, 4.69) is 15.5 Å². The van der Waals surface area contributed by atoms with Gasteiger partial charge >= 0.3 is 0 Å². The molecule has 2 aromatic rings. The number of sulfonamides is 1. The van der Waals surface area contributed by atoms with Gasteiger partial charge < -0.3 is 0 Å². The zero-order chi connectivity index (χ0) is 18.0. The summed E-state index contributed by atoms with van der Waals surface area (Å²) in [6.07, 6.45) is -1.15. The first-order valence-corrected chi connectivity index (χ1v) is 9.67. The van der Waals surface area contributed by atoms with Gasteiger partial charge in [0.25, 0.3) is 12.3 Å². The normalized spacial score (nSPS) is 15.6. The van der Waals surface area contributed by atoms with Crippen molar-refractivity contribution in [3.8, 4) is 0 Å². The van der Waals surface area contributed by atoms with Crippen LogP contribution in [0.15, 0.2) is 29.2 Å². The summed E-state index contributed by atoms with van der Waals surface area (Å²) < 4.78 is 51.4. The van der Waals surface area contributed by atoms with Crippen molar-refractivity contribution in [2.24, 2.45) is 0 Å². The number of nitrogens with zero attached hydrogens (tertiary/aromatic N) is 3. The molecule has 0 aliphatic carbocycles. The molecule has 134 valence electrons. The number of hydrogen-bond donors (Lipinski definition) is 1. The van der Waals surface area contributed by atoms with Crippen LogP contribution < -0.4 is 5.32 Å². The Morgan fingerprint density at radius 2 is 1.96 bits per heavy atom. The monoisotopic (exact) mass is 388 g/mol. The number of rotatable bonds is 5. The minimum absolute atomic E-state index is 0.0209. The number of amides is 1. The lowest BCUT2D eigenvalue weighted by Crippen LogP contribution is -2.28. The smallest absolute Gasteiger partial charge is 0.291 e. The number of anilines is 1. The summed E-state index contributed by atoms with van der Waals surface area (Å²) in [6, 6.07) is 5.58. The largest absolute Gasteiger partial charge is 0.296 e. The highest BCUT2D eigenvalue weighted by Gasteiger charge is 2.27. The van der Waals surface area contributed by atoms with Crippen LogP contribution in [0.25, 0.3) is 0 Å². The minimum Gasteiger partial charge on any atom is -0.296 e. The highest BCUT2D eigenvalue weighted by molar-refractivity contribution is 7.89.